The number of hydrogen-bond acceptors (Lipinski definition) is 4. The maximum absolute atomic E-state index is 12.3. The zero-order chi connectivity index (χ0) is 11.4. The van der Waals surface area contributed by atoms with Crippen LogP contribution < -0.4 is 0 Å². The Morgan fingerprint density at radius 3 is 3.12 bits per heavy atom. The van der Waals surface area contributed by atoms with Crippen LogP contribution in [0.2, 0.25) is 0 Å². The van der Waals surface area contributed by atoms with Crippen LogP contribution in [0.5, 0.6) is 0 Å². The summed E-state index contributed by atoms with van der Waals surface area (Å²) in [6, 6.07) is 0. The summed E-state index contributed by atoms with van der Waals surface area (Å²) in [5.41, 5.74) is 1.82. The Labute approximate surface area is 99.7 Å². The van der Waals surface area contributed by atoms with E-state index in [9.17, 15) is 4.79 Å². The fourth-order valence-corrected chi connectivity index (χ4v) is 2.70. The van der Waals surface area contributed by atoms with Gasteiger partial charge < -0.3 is 0 Å². The van der Waals surface area contributed by atoms with Crippen molar-refractivity contribution in [3.63, 3.8) is 0 Å². The van der Waals surface area contributed by atoms with Crippen molar-refractivity contribution in [2.24, 2.45) is 0 Å². The molecule has 0 aliphatic heterocycles. The molecule has 1 aliphatic carbocycles. The summed E-state index contributed by atoms with van der Waals surface area (Å²) in [5.74, 6) is 0.161. The molecule has 0 atom stereocenters. The third kappa shape index (κ3) is 2.38. The maximum Gasteiger partial charge on any atom is 0.202 e. The molecule has 1 heterocycles. The second-order valence-corrected chi connectivity index (χ2v) is 4.81. The summed E-state index contributed by atoms with van der Waals surface area (Å²) in [6.45, 7) is 2.01. The van der Waals surface area contributed by atoms with Crippen LogP contribution in [0.15, 0.2) is 11.6 Å². The van der Waals surface area contributed by atoms with Gasteiger partial charge in [-0.15, -0.1) is 5.10 Å². The third-order valence-corrected chi connectivity index (χ3v) is 3.70. The Morgan fingerprint density at radius 1 is 1.44 bits per heavy atom. The molecule has 0 unspecified atom stereocenters. The number of allylic oxidation sites excluding steroid dienone is 2. The van der Waals surface area contributed by atoms with Gasteiger partial charge in [-0.2, -0.15) is 0 Å². The summed E-state index contributed by atoms with van der Waals surface area (Å²) in [6.07, 6.45) is 8.41. The van der Waals surface area contributed by atoms with Gasteiger partial charge in [0, 0.05) is 0 Å². The predicted molar refractivity (Wildman–Crippen MR) is 64.8 cm³/mol. The van der Waals surface area contributed by atoms with Gasteiger partial charge in [0.2, 0.25) is 5.78 Å². The molecule has 1 aliphatic rings. The van der Waals surface area contributed by atoms with Gasteiger partial charge in [0.05, 0.1) is 5.69 Å². The van der Waals surface area contributed by atoms with E-state index < -0.39 is 0 Å². The van der Waals surface area contributed by atoms with Gasteiger partial charge in [-0.3, -0.25) is 4.79 Å². The Morgan fingerprint density at radius 2 is 2.31 bits per heavy atom. The molecule has 3 nitrogen and oxygen atoms in total. The maximum atomic E-state index is 12.3. The van der Waals surface area contributed by atoms with E-state index in [0.717, 1.165) is 41.8 Å². The minimum absolute atomic E-state index is 0.161. The lowest BCUT2D eigenvalue weighted by Crippen LogP contribution is -2.04. The fraction of sp³-hybridized carbons (Fsp3) is 0.583. The summed E-state index contributed by atoms with van der Waals surface area (Å²) in [7, 11) is 0. The van der Waals surface area contributed by atoms with E-state index in [1.807, 2.05) is 6.92 Å². The molecule has 0 radical (unpaired) electrons. The number of aryl methyl sites for hydroxylation is 1. The number of ketones is 1. The Bertz CT molecular complexity index is 409. The minimum Gasteiger partial charge on any atom is -0.288 e. The molecule has 0 N–H and O–H groups in total. The van der Waals surface area contributed by atoms with Gasteiger partial charge in [-0.25, -0.2) is 0 Å². The van der Waals surface area contributed by atoms with Gasteiger partial charge in [0.15, 0.2) is 0 Å². The number of nitrogens with zero attached hydrogens (tertiary/aromatic N) is 2. The number of carbonyl (C=O) groups is 1. The zero-order valence-electron chi connectivity index (χ0n) is 9.53. The standard InChI is InChI=1S/C12H16N2OS/c1-2-10-12(16-14-13-10)11(15)9-7-5-3-4-6-8-9/h7H,2-6,8H2,1H3. The molecular formula is C12H16N2OS. The number of aromatic nitrogens is 2. The van der Waals surface area contributed by atoms with Crippen molar-refractivity contribution in [3.8, 4) is 0 Å². The van der Waals surface area contributed by atoms with Crippen LogP contribution in [0.4, 0.5) is 0 Å². The van der Waals surface area contributed by atoms with E-state index in [0.29, 0.717) is 0 Å². The predicted octanol–water partition coefficient (Wildman–Crippen LogP) is 3.17. The molecule has 0 spiro atoms. The van der Waals surface area contributed by atoms with Crippen LogP contribution in [0.25, 0.3) is 0 Å². The first-order valence-corrected chi connectivity index (χ1v) is 6.65. The Hall–Kier alpha value is -1.03. The first-order chi connectivity index (χ1) is 7.83. The lowest BCUT2D eigenvalue weighted by atomic mass is 10.0. The molecule has 1 aromatic rings. The minimum atomic E-state index is 0.161. The second-order valence-electron chi connectivity index (χ2n) is 4.06. The van der Waals surface area contributed by atoms with Crippen molar-refractivity contribution in [3.05, 3.63) is 22.2 Å². The van der Waals surface area contributed by atoms with Gasteiger partial charge in [-0.05, 0) is 49.2 Å². The highest BCUT2D eigenvalue weighted by Crippen LogP contribution is 2.23. The van der Waals surface area contributed by atoms with E-state index in [-0.39, 0.29) is 5.78 Å². The molecule has 0 amide bonds. The first kappa shape index (κ1) is 11.5. The molecule has 0 saturated heterocycles. The van der Waals surface area contributed by atoms with Crippen LogP contribution in [0, 0.1) is 0 Å². The van der Waals surface area contributed by atoms with Crippen LogP contribution in [0.1, 0.15) is 54.4 Å². The van der Waals surface area contributed by atoms with Crippen LogP contribution in [0.3, 0.4) is 0 Å². The van der Waals surface area contributed by atoms with E-state index in [4.69, 9.17) is 0 Å². The number of carbonyl (C=O) groups excluding carboxylic acids is 1. The molecule has 16 heavy (non-hydrogen) atoms. The van der Waals surface area contributed by atoms with Crippen LogP contribution in [-0.4, -0.2) is 15.4 Å². The molecule has 0 saturated carbocycles. The SMILES string of the molecule is CCc1nnsc1C(=O)C1=CCCCCC1. The molecule has 0 fully saturated rings. The largest absolute Gasteiger partial charge is 0.288 e. The van der Waals surface area contributed by atoms with Gasteiger partial charge >= 0.3 is 0 Å². The normalized spacial score (nSPS) is 16.7. The highest BCUT2D eigenvalue weighted by Gasteiger charge is 2.19. The molecular weight excluding hydrogens is 220 g/mol. The smallest absolute Gasteiger partial charge is 0.202 e. The van der Waals surface area contributed by atoms with Crippen molar-refractivity contribution >= 4 is 17.3 Å². The highest BCUT2D eigenvalue weighted by atomic mass is 32.1. The first-order valence-electron chi connectivity index (χ1n) is 5.88. The fourth-order valence-electron chi connectivity index (χ4n) is 1.98. The Balaban J connectivity index is 2.21. The van der Waals surface area contributed by atoms with Crippen molar-refractivity contribution in [1.29, 1.82) is 0 Å². The van der Waals surface area contributed by atoms with Crippen molar-refractivity contribution in [1.82, 2.24) is 9.59 Å². The zero-order valence-corrected chi connectivity index (χ0v) is 10.3. The van der Waals surface area contributed by atoms with Crippen LogP contribution in [-0.2, 0) is 6.42 Å². The number of rotatable bonds is 3. The van der Waals surface area contributed by atoms with Gasteiger partial charge in [-0.1, -0.05) is 23.9 Å². The van der Waals surface area contributed by atoms with E-state index in [1.54, 1.807) is 0 Å². The Kier molecular flexibility index (Phi) is 3.83. The van der Waals surface area contributed by atoms with Crippen molar-refractivity contribution in [2.75, 3.05) is 0 Å². The summed E-state index contributed by atoms with van der Waals surface area (Å²) >= 11 is 1.23. The van der Waals surface area contributed by atoms with Gasteiger partial charge in [0.1, 0.15) is 4.88 Å². The lowest BCUT2D eigenvalue weighted by molar-refractivity contribution is 0.103. The molecule has 0 bridgehead atoms. The number of hydrogen-bond donors (Lipinski definition) is 0. The summed E-state index contributed by atoms with van der Waals surface area (Å²) in [4.78, 5) is 13.0. The highest BCUT2D eigenvalue weighted by molar-refractivity contribution is 7.08. The van der Waals surface area contributed by atoms with Gasteiger partial charge in [0.25, 0.3) is 0 Å². The topological polar surface area (TPSA) is 42.9 Å². The summed E-state index contributed by atoms with van der Waals surface area (Å²) in [5, 5.41) is 3.99. The average Bonchev–Trinajstić information content (AvgIpc) is 2.61. The lowest BCUT2D eigenvalue weighted by Gasteiger charge is -2.02. The van der Waals surface area contributed by atoms with Crippen molar-refractivity contribution < 1.29 is 4.79 Å². The second kappa shape index (κ2) is 5.34. The van der Waals surface area contributed by atoms with E-state index in [1.165, 1.54) is 24.4 Å². The molecule has 0 aromatic carbocycles. The summed E-state index contributed by atoms with van der Waals surface area (Å²) < 4.78 is 3.88. The van der Waals surface area contributed by atoms with Crippen molar-refractivity contribution in [2.45, 2.75) is 45.4 Å². The third-order valence-electron chi connectivity index (χ3n) is 2.93. The monoisotopic (exact) mass is 236 g/mol. The molecule has 2 rings (SSSR count). The molecule has 4 heteroatoms. The molecule has 86 valence electrons. The quantitative estimate of drug-likeness (QED) is 0.757. The van der Waals surface area contributed by atoms with E-state index in [2.05, 4.69) is 15.7 Å². The van der Waals surface area contributed by atoms with E-state index >= 15 is 0 Å². The molecule has 1 aromatic heterocycles. The number of Topliss-reactive ketones (excluding diaryl/α,β-unsaturated/α-hetero) is 1. The average molecular weight is 236 g/mol. The van der Waals surface area contributed by atoms with Crippen LogP contribution >= 0.6 is 11.5 Å².